The standard InChI is InChI=1S/C21H34BNO2/c1-6-18(22-24-20(2,3)21(4,5)25-22)19(17-13-9-7-10-14-17)23-15-11-8-12-16-23/h7,9-10,13-14,18-19H,6,8,11-12,15-16H2,1-5H3/t18-,19-/m1/s1. The van der Waals surface area contributed by atoms with E-state index >= 15 is 0 Å². The molecule has 0 radical (unpaired) electrons. The number of benzene rings is 1. The van der Waals surface area contributed by atoms with Gasteiger partial charge in [0.05, 0.1) is 11.2 Å². The smallest absolute Gasteiger partial charge is 0.403 e. The van der Waals surface area contributed by atoms with Gasteiger partial charge in [-0.1, -0.05) is 50.1 Å². The van der Waals surface area contributed by atoms with Crippen molar-refractivity contribution in [3.05, 3.63) is 35.9 Å². The fraction of sp³-hybridized carbons (Fsp3) is 0.714. The van der Waals surface area contributed by atoms with Crippen molar-refractivity contribution >= 4 is 7.12 Å². The van der Waals surface area contributed by atoms with Crippen molar-refractivity contribution < 1.29 is 9.31 Å². The monoisotopic (exact) mass is 343 g/mol. The van der Waals surface area contributed by atoms with E-state index in [2.05, 4.69) is 69.9 Å². The molecule has 3 rings (SSSR count). The summed E-state index contributed by atoms with van der Waals surface area (Å²) in [5.74, 6) is 0.335. The summed E-state index contributed by atoms with van der Waals surface area (Å²) in [5.41, 5.74) is 0.855. The van der Waals surface area contributed by atoms with Crippen molar-refractivity contribution in [2.75, 3.05) is 13.1 Å². The second-order valence-corrected chi connectivity index (χ2v) is 8.65. The molecule has 0 bridgehead atoms. The predicted octanol–water partition coefficient (Wildman–Crippen LogP) is 5.09. The van der Waals surface area contributed by atoms with Crippen LogP contribution < -0.4 is 0 Å². The summed E-state index contributed by atoms with van der Waals surface area (Å²) in [6.07, 6.45) is 4.99. The van der Waals surface area contributed by atoms with E-state index in [1.165, 1.54) is 37.9 Å². The van der Waals surface area contributed by atoms with Gasteiger partial charge in [-0.05, 0) is 59.2 Å². The minimum Gasteiger partial charge on any atom is -0.403 e. The summed E-state index contributed by atoms with van der Waals surface area (Å²) in [5, 5.41) is 0. The summed E-state index contributed by atoms with van der Waals surface area (Å²) < 4.78 is 12.9. The zero-order chi connectivity index (χ0) is 18.1. The van der Waals surface area contributed by atoms with Crippen LogP contribution in [0.1, 0.15) is 71.9 Å². The number of piperidine rings is 1. The normalized spacial score (nSPS) is 25.7. The van der Waals surface area contributed by atoms with Gasteiger partial charge in [-0.15, -0.1) is 0 Å². The van der Waals surface area contributed by atoms with Crippen molar-refractivity contribution in [1.82, 2.24) is 4.90 Å². The molecule has 0 unspecified atom stereocenters. The van der Waals surface area contributed by atoms with Crippen molar-refractivity contribution in [2.24, 2.45) is 0 Å². The Hall–Kier alpha value is -0.835. The molecule has 2 fully saturated rings. The Kier molecular flexibility index (Phi) is 5.62. The molecule has 0 spiro atoms. The Balaban J connectivity index is 1.90. The number of nitrogens with zero attached hydrogens (tertiary/aromatic N) is 1. The molecule has 0 aliphatic carbocycles. The summed E-state index contributed by atoms with van der Waals surface area (Å²) in [6, 6.07) is 11.3. The van der Waals surface area contributed by atoms with Crippen LogP contribution in [0.5, 0.6) is 0 Å². The molecule has 3 nitrogen and oxygen atoms in total. The highest BCUT2D eigenvalue weighted by atomic mass is 16.7. The largest absolute Gasteiger partial charge is 0.463 e. The molecule has 1 aromatic carbocycles. The van der Waals surface area contributed by atoms with Crippen LogP contribution in [-0.4, -0.2) is 36.3 Å². The van der Waals surface area contributed by atoms with Gasteiger partial charge in [-0.3, -0.25) is 4.90 Å². The van der Waals surface area contributed by atoms with Gasteiger partial charge in [0.15, 0.2) is 0 Å². The molecule has 2 saturated heterocycles. The zero-order valence-electron chi connectivity index (χ0n) is 16.6. The van der Waals surface area contributed by atoms with Gasteiger partial charge in [0, 0.05) is 11.9 Å². The molecule has 1 aromatic rings. The third-order valence-corrected chi connectivity index (χ3v) is 6.42. The molecular formula is C21H34BNO2. The van der Waals surface area contributed by atoms with Gasteiger partial charge in [0.25, 0.3) is 0 Å². The molecule has 2 aliphatic heterocycles. The highest BCUT2D eigenvalue weighted by Gasteiger charge is 2.55. The second kappa shape index (κ2) is 7.42. The van der Waals surface area contributed by atoms with Gasteiger partial charge < -0.3 is 9.31 Å². The zero-order valence-corrected chi connectivity index (χ0v) is 16.6. The fourth-order valence-corrected chi connectivity index (χ4v) is 4.20. The third-order valence-electron chi connectivity index (χ3n) is 6.42. The highest BCUT2D eigenvalue weighted by Crippen LogP contribution is 2.46. The molecule has 0 aromatic heterocycles. The van der Waals surface area contributed by atoms with E-state index in [4.69, 9.17) is 9.31 Å². The quantitative estimate of drug-likeness (QED) is 0.696. The van der Waals surface area contributed by atoms with Crippen LogP contribution in [0.3, 0.4) is 0 Å². The first kappa shape index (κ1) is 18.9. The van der Waals surface area contributed by atoms with Crippen molar-refractivity contribution in [1.29, 1.82) is 0 Å². The first-order valence-corrected chi connectivity index (χ1v) is 10.0. The number of hydrogen-bond acceptors (Lipinski definition) is 3. The molecule has 2 aliphatic rings. The van der Waals surface area contributed by atoms with Crippen LogP contribution in [-0.2, 0) is 9.31 Å². The molecule has 2 atom stereocenters. The Labute approximate surface area is 154 Å². The number of likely N-dealkylation sites (tertiary alicyclic amines) is 1. The minimum atomic E-state index is -0.270. The van der Waals surface area contributed by atoms with E-state index in [1.54, 1.807) is 0 Å². The highest BCUT2D eigenvalue weighted by molar-refractivity contribution is 6.47. The van der Waals surface area contributed by atoms with Gasteiger partial charge in [0.1, 0.15) is 0 Å². The Bertz CT molecular complexity index is 538. The third kappa shape index (κ3) is 3.81. The minimum absolute atomic E-state index is 0.151. The molecular weight excluding hydrogens is 309 g/mol. The first-order chi connectivity index (χ1) is 11.9. The van der Waals surface area contributed by atoms with Crippen LogP contribution in [0.4, 0.5) is 0 Å². The maximum Gasteiger partial charge on any atom is 0.463 e. The predicted molar refractivity (Wildman–Crippen MR) is 105 cm³/mol. The maximum atomic E-state index is 6.46. The molecule has 0 saturated carbocycles. The lowest BCUT2D eigenvalue weighted by Crippen LogP contribution is -2.41. The molecule has 2 heterocycles. The molecule has 25 heavy (non-hydrogen) atoms. The fourth-order valence-electron chi connectivity index (χ4n) is 4.20. The van der Waals surface area contributed by atoms with E-state index in [-0.39, 0.29) is 18.3 Å². The van der Waals surface area contributed by atoms with Gasteiger partial charge in [-0.25, -0.2) is 0 Å². The van der Waals surface area contributed by atoms with E-state index < -0.39 is 0 Å². The van der Waals surface area contributed by atoms with Gasteiger partial charge >= 0.3 is 7.12 Å². The Morgan fingerprint density at radius 1 is 0.960 bits per heavy atom. The lowest BCUT2D eigenvalue weighted by atomic mass is 9.64. The molecule has 138 valence electrons. The van der Waals surface area contributed by atoms with Gasteiger partial charge in [-0.2, -0.15) is 0 Å². The Morgan fingerprint density at radius 3 is 2.04 bits per heavy atom. The van der Waals surface area contributed by atoms with E-state index in [1.807, 2.05) is 0 Å². The summed E-state index contributed by atoms with van der Waals surface area (Å²) >= 11 is 0. The molecule has 4 heteroatoms. The average Bonchev–Trinajstić information content (AvgIpc) is 2.81. The maximum absolute atomic E-state index is 6.46. The summed E-state index contributed by atoms with van der Waals surface area (Å²) in [4.78, 5) is 2.66. The molecule has 0 amide bonds. The van der Waals surface area contributed by atoms with Crippen molar-refractivity contribution in [3.63, 3.8) is 0 Å². The van der Waals surface area contributed by atoms with Crippen LogP contribution in [0.25, 0.3) is 0 Å². The topological polar surface area (TPSA) is 21.7 Å². The molecule has 0 N–H and O–H groups in total. The lowest BCUT2D eigenvalue weighted by molar-refractivity contribution is 0.00578. The average molecular weight is 343 g/mol. The SMILES string of the molecule is CC[C@@H](B1OC(C)(C)C(C)(C)O1)[C@@H](c1ccccc1)N1CCCCC1. The summed E-state index contributed by atoms with van der Waals surface area (Å²) in [6.45, 7) is 13.2. The van der Waals surface area contributed by atoms with E-state index in [0.717, 1.165) is 6.42 Å². The number of hydrogen-bond donors (Lipinski definition) is 0. The van der Waals surface area contributed by atoms with Crippen LogP contribution >= 0.6 is 0 Å². The van der Waals surface area contributed by atoms with E-state index in [9.17, 15) is 0 Å². The van der Waals surface area contributed by atoms with E-state index in [0.29, 0.717) is 11.9 Å². The van der Waals surface area contributed by atoms with Crippen LogP contribution in [0.2, 0.25) is 5.82 Å². The van der Waals surface area contributed by atoms with Crippen molar-refractivity contribution in [2.45, 2.75) is 83.4 Å². The van der Waals surface area contributed by atoms with Crippen LogP contribution in [0, 0.1) is 0 Å². The summed E-state index contributed by atoms with van der Waals surface area (Å²) in [7, 11) is -0.151. The first-order valence-electron chi connectivity index (χ1n) is 10.0. The second-order valence-electron chi connectivity index (χ2n) is 8.65. The van der Waals surface area contributed by atoms with Crippen molar-refractivity contribution in [3.8, 4) is 0 Å². The van der Waals surface area contributed by atoms with Gasteiger partial charge in [0.2, 0.25) is 0 Å². The number of rotatable bonds is 5. The lowest BCUT2D eigenvalue weighted by Gasteiger charge is -2.40. The van der Waals surface area contributed by atoms with Crippen LogP contribution in [0.15, 0.2) is 30.3 Å². The Morgan fingerprint density at radius 2 is 1.52 bits per heavy atom.